The third-order valence-electron chi connectivity index (χ3n) is 2.77. The number of hydrogen-bond acceptors (Lipinski definition) is 3. The van der Waals surface area contributed by atoms with Crippen LogP contribution >= 0.6 is 0 Å². The van der Waals surface area contributed by atoms with Gasteiger partial charge >= 0.3 is 5.97 Å². The van der Waals surface area contributed by atoms with E-state index < -0.39 is 23.6 Å². The minimum atomic E-state index is -0.975. The summed E-state index contributed by atoms with van der Waals surface area (Å²) in [6, 6.07) is 0. The molecule has 4 nitrogen and oxygen atoms in total. The maximum atomic E-state index is 10.4. The van der Waals surface area contributed by atoms with Crippen LogP contribution in [0.5, 0.6) is 0 Å². The zero-order valence-electron chi connectivity index (χ0n) is 7.03. The maximum absolute atomic E-state index is 10.4. The largest absolute Gasteiger partial charge is 0.481 e. The summed E-state index contributed by atoms with van der Waals surface area (Å²) in [5.74, 6) is -0.975. The monoisotopic (exact) mass is 174 g/mol. The van der Waals surface area contributed by atoms with Gasteiger partial charge in [-0.05, 0) is 12.8 Å². The first kappa shape index (κ1) is 9.48. The molecule has 1 aliphatic carbocycles. The van der Waals surface area contributed by atoms with Crippen LogP contribution < -0.4 is 0 Å². The van der Waals surface area contributed by atoms with Gasteiger partial charge in [-0.15, -0.1) is 0 Å². The summed E-state index contributed by atoms with van der Waals surface area (Å²) in [5.41, 5.74) is -0.855. The highest BCUT2D eigenvalue weighted by molar-refractivity contribution is 5.68. The van der Waals surface area contributed by atoms with Gasteiger partial charge in [-0.25, -0.2) is 0 Å². The summed E-state index contributed by atoms with van der Waals surface area (Å²) in [7, 11) is 0. The second-order valence-electron chi connectivity index (χ2n) is 3.69. The minimum Gasteiger partial charge on any atom is -0.481 e. The number of aliphatic hydroxyl groups excluding tert-OH is 2. The van der Waals surface area contributed by atoms with Gasteiger partial charge in [-0.3, -0.25) is 4.79 Å². The van der Waals surface area contributed by atoms with Crippen LogP contribution in [0.1, 0.15) is 26.2 Å². The predicted molar refractivity (Wildman–Crippen MR) is 41.6 cm³/mol. The third kappa shape index (κ3) is 1.44. The van der Waals surface area contributed by atoms with Crippen LogP contribution in [0, 0.1) is 5.41 Å². The van der Waals surface area contributed by atoms with Crippen molar-refractivity contribution in [3.8, 4) is 0 Å². The van der Waals surface area contributed by atoms with Crippen LogP contribution in [0.4, 0.5) is 0 Å². The average Bonchev–Trinajstić information content (AvgIpc) is 2.16. The van der Waals surface area contributed by atoms with Gasteiger partial charge < -0.3 is 15.3 Å². The van der Waals surface area contributed by atoms with Gasteiger partial charge in [0.15, 0.2) is 0 Å². The van der Waals surface area contributed by atoms with Crippen LogP contribution in [-0.4, -0.2) is 33.5 Å². The Labute approximate surface area is 70.8 Å². The number of carboxylic acids is 1. The van der Waals surface area contributed by atoms with Crippen molar-refractivity contribution in [3.63, 3.8) is 0 Å². The molecule has 0 bridgehead atoms. The molecule has 1 saturated carbocycles. The molecule has 4 heteroatoms. The highest BCUT2D eigenvalue weighted by atomic mass is 16.4. The van der Waals surface area contributed by atoms with Crippen molar-refractivity contribution in [3.05, 3.63) is 0 Å². The zero-order chi connectivity index (χ0) is 9.35. The summed E-state index contributed by atoms with van der Waals surface area (Å²) < 4.78 is 0. The molecule has 1 fully saturated rings. The standard InChI is InChI=1S/C8H14O4/c1-8(4-7(11)12)5(9)2-3-6(8)10/h5-6,9-10H,2-4H2,1H3,(H,11,12). The Balaban J connectivity index is 2.72. The summed E-state index contributed by atoms with van der Waals surface area (Å²) in [4.78, 5) is 10.4. The lowest BCUT2D eigenvalue weighted by Crippen LogP contribution is -2.37. The second-order valence-corrected chi connectivity index (χ2v) is 3.69. The average molecular weight is 174 g/mol. The number of aliphatic carboxylic acids is 1. The van der Waals surface area contributed by atoms with Crippen molar-refractivity contribution < 1.29 is 20.1 Å². The Morgan fingerprint density at radius 2 is 1.83 bits per heavy atom. The van der Waals surface area contributed by atoms with E-state index in [0.29, 0.717) is 12.8 Å². The molecule has 70 valence electrons. The van der Waals surface area contributed by atoms with E-state index in [1.807, 2.05) is 0 Å². The van der Waals surface area contributed by atoms with Crippen LogP contribution in [0.15, 0.2) is 0 Å². The van der Waals surface area contributed by atoms with Gasteiger partial charge in [0, 0.05) is 5.41 Å². The van der Waals surface area contributed by atoms with E-state index in [9.17, 15) is 15.0 Å². The van der Waals surface area contributed by atoms with Crippen LogP contribution in [0.25, 0.3) is 0 Å². The lowest BCUT2D eigenvalue weighted by Gasteiger charge is -2.29. The van der Waals surface area contributed by atoms with Crippen LogP contribution in [0.2, 0.25) is 0 Å². The number of hydrogen-bond donors (Lipinski definition) is 3. The number of carboxylic acid groups (broad SMARTS) is 1. The molecule has 0 saturated heterocycles. The van der Waals surface area contributed by atoms with Crippen molar-refractivity contribution in [1.29, 1.82) is 0 Å². The molecule has 1 aliphatic rings. The zero-order valence-corrected chi connectivity index (χ0v) is 7.03. The quantitative estimate of drug-likeness (QED) is 0.550. The van der Waals surface area contributed by atoms with Crippen LogP contribution in [-0.2, 0) is 4.79 Å². The minimum absolute atomic E-state index is 0.171. The summed E-state index contributed by atoms with van der Waals surface area (Å²) in [6.07, 6.45) is -0.571. The molecule has 0 heterocycles. The predicted octanol–water partition coefficient (Wildman–Crippen LogP) is -0.0170. The molecule has 0 aromatic heterocycles. The van der Waals surface area contributed by atoms with E-state index in [0.717, 1.165) is 0 Å². The Hall–Kier alpha value is -0.610. The second kappa shape index (κ2) is 3.03. The topological polar surface area (TPSA) is 77.8 Å². The molecular formula is C8H14O4. The first-order valence-corrected chi connectivity index (χ1v) is 4.05. The van der Waals surface area contributed by atoms with E-state index in [1.54, 1.807) is 6.92 Å². The summed E-state index contributed by atoms with van der Waals surface area (Å²) >= 11 is 0. The van der Waals surface area contributed by atoms with E-state index in [1.165, 1.54) is 0 Å². The lowest BCUT2D eigenvalue weighted by atomic mass is 9.81. The SMILES string of the molecule is CC1(CC(=O)O)C(O)CCC1O. The van der Waals surface area contributed by atoms with Crippen molar-refractivity contribution in [1.82, 2.24) is 0 Å². The molecular weight excluding hydrogens is 160 g/mol. The molecule has 0 aromatic carbocycles. The van der Waals surface area contributed by atoms with Crippen molar-refractivity contribution >= 4 is 5.97 Å². The number of rotatable bonds is 2. The molecule has 0 amide bonds. The highest BCUT2D eigenvalue weighted by Gasteiger charge is 2.46. The van der Waals surface area contributed by atoms with Crippen molar-refractivity contribution in [2.24, 2.45) is 5.41 Å². The molecule has 2 unspecified atom stereocenters. The van der Waals surface area contributed by atoms with Gasteiger partial charge in [0.25, 0.3) is 0 Å². The Kier molecular flexibility index (Phi) is 2.39. The van der Waals surface area contributed by atoms with Gasteiger partial charge in [0.2, 0.25) is 0 Å². The van der Waals surface area contributed by atoms with Gasteiger partial charge in [-0.2, -0.15) is 0 Å². The molecule has 0 aliphatic heterocycles. The van der Waals surface area contributed by atoms with Crippen molar-refractivity contribution in [2.75, 3.05) is 0 Å². The Morgan fingerprint density at radius 1 is 1.42 bits per heavy atom. The fourth-order valence-corrected chi connectivity index (χ4v) is 1.76. The van der Waals surface area contributed by atoms with E-state index in [-0.39, 0.29) is 6.42 Å². The number of aliphatic hydroxyl groups is 2. The van der Waals surface area contributed by atoms with Crippen LogP contribution in [0.3, 0.4) is 0 Å². The van der Waals surface area contributed by atoms with Gasteiger partial charge in [0.1, 0.15) is 0 Å². The third-order valence-corrected chi connectivity index (χ3v) is 2.77. The molecule has 0 spiro atoms. The molecule has 12 heavy (non-hydrogen) atoms. The fraction of sp³-hybridized carbons (Fsp3) is 0.875. The van der Waals surface area contributed by atoms with Gasteiger partial charge in [-0.1, -0.05) is 6.92 Å². The molecule has 2 atom stereocenters. The Bertz CT molecular complexity index is 179. The lowest BCUT2D eigenvalue weighted by molar-refractivity contribution is -0.143. The molecule has 3 N–H and O–H groups in total. The molecule has 0 radical (unpaired) electrons. The first-order chi connectivity index (χ1) is 5.47. The molecule has 1 rings (SSSR count). The van der Waals surface area contributed by atoms with E-state index in [2.05, 4.69) is 0 Å². The number of carbonyl (C=O) groups is 1. The molecule has 0 aromatic rings. The summed E-state index contributed by atoms with van der Waals surface area (Å²) in [5, 5.41) is 27.4. The fourth-order valence-electron chi connectivity index (χ4n) is 1.76. The van der Waals surface area contributed by atoms with E-state index in [4.69, 9.17) is 5.11 Å². The smallest absolute Gasteiger partial charge is 0.304 e. The highest BCUT2D eigenvalue weighted by Crippen LogP contribution is 2.40. The van der Waals surface area contributed by atoms with Crippen molar-refractivity contribution in [2.45, 2.75) is 38.4 Å². The first-order valence-electron chi connectivity index (χ1n) is 4.05. The van der Waals surface area contributed by atoms with E-state index >= 15 is 0 Å². The maximum Gasteiger partial charge on any atom is 0.304 e. The summed E-state index contributed by atoms with van der Waals surface area (Å²) in [6.45, 7) is 1.61. The Morgan fingerprint density at radius 3 is 2.17 bits per heavy atom. The van der Waals surface area contributed by atoms with Gasteiger partial charge in [0.05, 0.1) is 18.6 Å². The normalized spacial score (nSPS) is 41.6.